The third-order valence-corrected chi connectivity index (χ3v) is 4.58. The molecule has 0 bridgehead atoms. The fourth-order valence-electron chi connectivity index (χ4n) is 2.72. The lowest BCUT2D eigenvalue weighted by Gasteiger charge is -2.08. The number of carbonyl (C=O) groups excluding carboxylic acids is 3. The average Bonchev–Trinajstić information content (AvgIpc) is 2.96. The maximum absolute atomic E-state index is 12.4. The number of hydrogen-bond donors (Lipinski definition) is 0. The summed E-state index contributed by atoms with van der Waals surface area (Å²) in [4.78, 5) is 35.6. The van der Waals surface area contributed by atoms with E-state index in [4.69, 9.17) is 23.7 Å². The fraction of sp³-hybridized carbons (Fsp3) is 0.258. The first-order valence-electron chi connectivity index (χ1n) is 12.5. The van der Waals surface area contributed by atoms with Crippen molar-refractivity contribution in [2.45, 2.75) is 34.1 Å². The Kier molecular flexibility index (Phi) is 15.5. The Hall–Kier alpha value is -4.59. The van der Waals surface area contributed by atoms with Gasteiger partial charge >= 0.3 is 17.9 Å². The number of hydrogen-bond acceptors (Lipinski definition) is 8. The highest BCUT2D eigenvalue weighted by molar-refractivity contribution is 5.90. The summed E-state index contributed by atoms with van der Waals surface area (Å²) in [6, 6.07) is 13.0. The molecule has 8 nitrogen and oxygen atoms in total. The van der Waals surface area contributed by atoms with E-state index in [1.807, 2.05) is 13.8 Å². The first-order valence-corrected chi connectivity index (χ1v) is 12.5. The predicted octanol–water partition coefficient (Wildman–Crippen LogP) is 6.60. The number of rotatable bonds is 14. The molecule has 0 aliphatic heterocycles. The van der Waals surface area contributed by atoms with Gasteiger partial charge in [0, 0.05) is 12.5 Å². The number of carbonyl (C=O) groups is 3. The molecule has 208 valence electrons. The number of ether oxygens (including phenoxy) is 5. The van der Waals surface area contributed by atoms with Crippen LogP contribution in [0.15, 0.2) is 97.5 Å². The van der Waals surface area contributed by atoms with Gasteiger partial charge in [0.2, 0.25) is 0 Å². The van der Waals surface area contributed by atoms with E-state index in [1.54, 1.807) is 68.5 Å². The van der Waals surface area contributed by atoms with Gasteiger partial charge in [0.1, 0.15) is 29.6 Å². The van der Waals surface area contributed by atoms with Crippen molar-refractivity contribution >= 4 is 17.9 Å². The first kappa shape index (κ1) is 32.4. The molecule has 2 rings (SSSR count). The van der Waals surface area contributed by atoms with Gasteiger partial charge < -0.3 is 23.7 Å². The first-order chi connectivity index (χ1) is 18.8. The van der Waals surface area contributed by atoms with Gasteiger partial charge in [0.25, 0.3) is 0 Å². The molecule has 8 heteroatoms. The van der Waals surface area contributed by atoms with Gasteiger partial charge in [-0.3, -0.25) is 0 Å². The van der Waals surface area contributed by atoms with E-state index in [0.717, 1.165) is 6.08 Å². The van der Waals surface area contributed by atoms with Crippen LogP contribution in [0, 0.1) is 0 Å². The molecular weight excluding hydrogens is 500 g/mol. The summed E-state index contributed by atoms with van der Waals surface area (Å²) in [6.07, 6.45) is 6.32. The van der Waals surface area contributed by atoms with Crippen LogP contribution >= 0.6 is 0 Å². The molecule has 0 aliphatic carbocycles. The second-order valence-electron chi connectivity index (χ2n) is 7.56. The molecule has 0 spiro atoms. The normalized spacial score (nSPS) is 10.8. The van der Waals surface area contributed by atoms with E-state index >= 15 is 0 Å². The average molecular weight is 537 g/mol. The third-order valence-electron chi connectivity index (χ3n) is 4.58. The Morgan fingerprint density at radius 3 is 1.62 bits per heavy atom. The molecule has 2 aromatic rings. The summed E-state index contributed by atoms with van der Waals surface area (Å²) in [7, 11) is 0. The molecule has 0 unspecified atom stereocenters. The minimum absolute atomic E-state index is 0.229. The maximum atomic E-state index is 12.4. The minimum atomic E-state index is -0.543. The number of allylic oxidation sites excluding steroid dienone is 4. The predicted molar refractivity (Wildman–Crippen MR) is 150 cm³/mol. The Bertz CT molecular complexity index is 1140. The lowest BCUT2D eigenvalue weighted by molar-refractivity contribution is -0.137. The summed E-state index contributed by atoms with van der Waals surface area (Å²) >= 11 is 0. The van der Waals surface area contributed by atoms with Crippen molar-refractivity contribution < 1.29 is 38.1 Å². The number of esters is 3. The van der Waals surface area contributed by atoms with Crippen molar-refractivity contribution in [1.29, 1.82) is 0 Å². The van der Waals surface area contributed by atoms with Crippen molar-refractivity contribution in [2.24, 2.45) is 0 Å². The van der Waals surface area contributed by atoms with E-state index in [9.17, 15) is 14.4 Å². The van der Waals surface area contributed by atoms with Gasteiger partial charge in [-0.25, -0.2) is 14.4 Å². The molecule has 0 heterocycles. The Labute approximate surface area is 230 Å². The molecule has 0 amide bonds. The zero-order chi connectivity index (χ0) is 29.0. The van der Waals surface area contributed by atoms with Crippen LogP contribution in [0.2, 0.25) is 0 Å². The molecule has 0 saturated carbocycles. The van der Waals surface area contributed by atoms with Crippen molar-refractivity contribution in [1.82, 2.24) is 0 Å². The van der Waals surface area contributed by atoms with E-state index in [2.05, 4.69) is 13.2 Å². The van der Waals surface area contributed by atoms with Gasteiger partial charge in [-0.2, -0.15) is 0 Å². The Morgan fingerprint density at radius 1 is 0.718 bits per heavy atom. The summed E-state index contributed by atoms with van der Waals surface area (Å²) in [5.41, 5.74) is 0.710. The van der Waals surface area contributed by atoms with Gasteiger partial charge in [0.05, 0.1) is 24.3 Å². The van der Waals surface area contributed by atoms with Crippen molar-refractivity contribution in [2.75, 3.05) is 19.8 Å². The van der Waals surface area contributed by atoms with Crippen LogP contribution in [0.4, 0.5) is 0 Å². The highest BCUT2D eigenvalue weighted by atomic mass is 16.5. The molecule has 0 fully saturated rings. The van der Waals surface area contributed by atoms with E-state index in [0.29, 0.717) is 53.8 Å². The van der Waals surface area contributed by atoms with E-state index < -0.39 is 17.9 Å². The molecule has 39 heavy (non-hydrogen) atoms. The molecule has 0 aliphatic rings. The van der Waals surface area contributed by atoms with Gasteiger partial charge in [-0.15, -0.1) is 0 Å². The summed E-state index contributed by atoms with van der Waals surface area (Å²) in [5.74, 6) is 0.293. The van der Waals surface area contributed by atoms with Crippen LogP contribution in [-0.4, -0.2) is 37.7 Å². The Balaban J connectivity index is 0.00000371. The van der Waals surface area contributed by atoms with Crippen LogP contribution < -0.4 is 9.47 Å². The molecule has 0 aromatic heterocycles. The largest absolute Gasteiger partial charge is 0.493 e. The van der Waals surface area contributed by atoms with Crippen LogP contribution in [0.1, 0.15) is 54.8 Å². The highest BCUT2D eigenvalue weighted by Gasteiger charge is 2.10. The molecular formula is C31H36O8. The molecule has 0 saturated heterocycles. The smallest absolute Gasteiger partial charge is 0.343 e. The standard InChI is InChI=1S/C29H30O8.C2H6/c1-5-18-33-25-14-10-23(11-15-25)28(31)36-21(3)8-9-22(4)37-29(32)24-12-16-26(17-13-24)34-19-7-20-35-27(30)6-2;1-2/h5-6,8-17H,1-2,7,18-20H2,3-4H3;1-2H3/b21-8+,22-9+;. The molecule has 0 N–H and O–H groups in total. The van der Waals surface area contributed by atoms with Crippen LogP contribution in [-0.2, 0) is 19.0 Å². The third kappa shape index (κ3) is 13.0. The van der Waals surface area contributed by atoms with Gasteiger partial charge in [0.15, 0.2) is 0 Å². The summed E-state index contributed by atoms with van der Waals surface area (Å²) in [5, 5.41) is 0. The van der Waals surface area contributed by atoms with Crippen molar-refractivity contribution in [3.05, 3.63) is 109 Å². The lowest BCUT2D eigenvalue weighted by Crippen LogP contribution is -2.07. The second kappa shape index (κ2) is 18.6. The van der Waals surface area contributed by atoms with Crippen LogP contribution in [0.5, 0.6) is 11.5 Å². The van der Waals surface area contributed by atoms with Crippen LogP contribution in [0.25, 0.3) is 0 Å². The monoisotopic (exact) mass is 536 g/mol. The van der Waals surface area contributed by atoms with Crippen LogP contribution in [0.3, 0.4) is 0 Å². The fourth-order valence-corrected chi connectivity index (χ4v) is 2.72. The van der Waals surface area contributed by atoms with E-state index in [-0.39, 0.29) is 6.61 Å². The van der Waals surface area contributed by atoms with E-state index in [1.165, 1.54) is 12.2 Å². The summed E-state index contributed by atoms with van der Waals surface area (Å²) in [6.45, 7) is 15.1. The SMILES string of the molecule is C=CCOc1ccc(C(=O)O/C(C)=C/C=C(\C)OC(=O)c2ccc(OCCCOC(=O)C=C)cc2)cc1.CC. The molecule has 0 atom stereocenters. The topological polar surface area (TPSA) is 97.4 Å². The highest BCUT2D eigenvalue weighted by Crippen LogP contribution is 2.16. The minimum Gasteiger partial charge on any atom is -0.493 e. The zero-order valence-corrected chi connectivity index (χ0v) is 22.9. The lowest BCUT2D eigenvalue weighted by atomic mass is 10.2. The molecule has 0 radical (unpaired) electrons. The molecule has 2 aromatic carbocycles. The maximum Gasteiger partial charge on any atom is 0.343 e. The zero-order valence-electron chi connectivity index (χ0n) is 22.9. The second-order valence-corrected chi connectivity index (χ2v) is 7.56. The Morgan fingerprint density at radius 2 is 1.18 bits per heavy atom. The van der Waals surface area contributed by atoms with Gasteiger partial charge in [-0.1, -0.05) is 33.1 Å². The van der Waals surface area contributed by atoms with Gasteiger partial charge in [-0.05, 0) is 74.5 Å². The summed E-state index contributed by atoms with van der Waals surface area (Å²) < 4.78 is 26.4. The quantitative estimate of drug-likeness (QED) is 0.0507. The van der Waals surface area contributed by atoms with Crippen molar-refractivity contribution in [3.63, 3.8) is 0 Å². The van der Waals surface area contributed by atoms with Crippen molar-refractivity contribution in [3.8, 4) is 11.5 Å². The number of benzene rings is 2.